The molecule has 5 rings (SSSR count). The van der Waals surface area contributed by atoms with E-state index in [-0.39, 0.29) is 0 Å². The summed E-state index contributed by atoms with van der Waals surface area (Å²) < 4.78 is 0. The molecule has 0 spiro atoms. The maximum absolute atomic E-state index is 4.54. The van der Waals surface area contributed by atoms with E-state index >= 15 is 0 Å². The number of pyridine rings is 1. The van der Waals surface area contributed by atoms with Crippen LogP contribution in [0.5, 0.6) is 0 Å². The lowest BCUT2D eigenvalue weighted by molar-refractivity contribution is 0.589. The molecule has 1 fully saturated rings. The number of benzene rings is 2. The molecule has 0 saturated carbocycles. The number of rotatable bonds is 2. The maximum Gasteiger partial charge on any atom is 0.138 e. The van der Waals surface area contributed by atoms with Crippen molar-refractivity contribution in [3.63, 3.8) is 0 Å². The minimum absolute atomic E-state index is 0.950. The number of nitrogens with one attached hydrogen (secondary N) is 2. The van der Waals surface area contributed by atoms with E-state index in [0.717, 1.165) is 37.3 Å². The number of nitrogens with zero attached hydrogens (tertiary/aromatic N) is 2. The molecular formula is C21H20N4. The summed E-state index contributed by atoms with van der Waals surface area (Å²) in [4.78, 5) is 10.4. The van der Waals surface area contributed by atoms with Crippen LogP contribution in [0.2, 0.25) is 0 Å². The Labute approximate surface area is 146 Å². The molecule has 124 valence electrons. The molecule has 0 radical (unpaired) electrons. The first-order chi connectivity index (χ1) is 12.4. The first-order valence-corrected chi connectivity index (χ1v) is 8.82. The fraction of sp³-hybridized carbons (Fsp3) is 0.190. The summed E-state index contributed by atoms with van der Waals surface area (Å²) >= 11 is 0. The van der Waals surface area contributed by atoms with Gasteiger partial charge in [0.2, 0.25) is 0 Å². The smallest absolute Gasteiger partial charge is 0.138 e. The highest BCUT2D eigenvalue weighted by Gasteiger charge is 2.14. The van der Waals surface area contributed by atoms with Crippen molar-refractivity contribution in [3.8, 4) is 11.1 Å². The van der Waals surface area contributed by atoms with E-state index in [4.69, 9.17) is 0 Å². The largest absolute Gasteiger partial charge is 0.369 e. The van der Waals surface area contributed by atoms with Crippen LogP contribution in [0.15, 0.2) is 60.8 Å². The molecule has 0 amide bonds. The summed E-state index contributed by atoms with van der Waals surface area (Å²) in [6, 6.07) is 19.4. The van der Waals surface area contributed by atoms with E-state index in [1.165, 1.54) is 27.6 Å². The third-order valence-electron chi connectivity index (χ3n) is 5.04. The van der Waals surface area contributed by atoms with Gasteiger partial charge in [-0.05, 0) is 35.4 Å². The van der Waals surface area contributed by atoms with Crippen molar-refractivity contribution < 1.29 is 0 Å². The predicted molar refractivity (Wildman–Crippen MR) is 104 cm³/mol. The van der Waals surface area contributed by atoms with Gasteiger partial charge >= 0.3 is 0 Å². The summed E-state index contributed by atoms with van der Waals surface area (Å²) in [5.41, 5.74) is 5.86. The second-order valence-electron chi connectivity index (χ2n) is 6.54. The average Bonchev–Trinajstić information content (AvgIpc) is 3.07. The molecule has 25 heavy (non-hydrogen) atoms. The summed E-state index contributed by atoms with van der Waals surface area (Å²) in [5.74, 6) is 0. The normalized spacial score (nSPS) is 15.1. The van der Waals surface area contributed by atoms with Gasteiger partial charge < -0.3 is 15.2 Å². The maximum atomic E-state index is 4.54. The molecule has 4 nitrogen and oxygen atoms in total. The Bertz CT molecular complexity index is 1040. The fourth-order valence-electron chi connectivity index (χ4n) is 3.80. The van der Waals surface area contributed by atoms with Crippen LogP contribution < -0.4 is 10.2 Å². The second-order valence-corrected chi connectivity index (χ2v) is 6.54. The molecule has 3 heterocycles. The molecular weight excluding hydrogens is 308 g/mol. The van der Waals surface area contributed by atoms with Crippen molar-refractivity contribution in [1.29, 1.82) is 0 Å². The summed E-state index contributed by atoms with van der Waals surface area (Å²) in [6.45, 7) is 4.21. The molecule has 4 aromatic rings. The molecule has 0 atom stereocenters. The third kappa shape index (κ3) is 2.46. The van der Waals surface area contributed by atoms with E-state index < -0.39 is 0 Å². The van der Waals surface area contributed by atoms with Crippen LogP contribution >= 0.6 is 0 Å². The molecule has 0 bridgehead atoms. The van der Waals surface area contributed by atoms with Crippen molar-refractivity contribution in [3.05, 3.63) is 60.8 Å². The Morgan fingerprint density at radius 3 is 2.72 bits per heavy atom. The molecule has 4 heteroatoms. The summed E-state index contributed by atoms with van der Waals surface area (Å²) in [5, 5.41) is 5.85. The molecule has 0 unspecified atom stereocenters. The highest BCUT2D eigenvalue weighted by molar-refractivity contribution is 6.12. The standard InChI is InChI=1S/C21H20N4/c1-2-7-19-18(6-1)20-17(8-9-23-21(20)24-19)15-4-3-5-16(14-15)25-12-10-22-11-13-25/h1-9,14,22H,10-13H2,(H,23,24). The zero-order valence-corrected chi connectivity index (χ0v) is 14.0. The quantitative estimate of drug-likeness (QED) is 0.588. The number of hydrogen-bond donors (Lipinski definition) is 2. The SMILES string of the molecule is c1cc(-c2ccnc3[nH]c4ccccc4c23)cc(N2CCNCC2)c1. The number of fused-ring (bicyclic) bond motifs is 3. The number of piperazine rings is 1. The topological polar surface area (TPSA) is 44.0 Å². The number of para-hydroxylation sites is 1. The van der Waals surface area contributed by atoms with Gasteiger partial charge in [0.1, 0.15) is 5.65 Å². The van der Waals surface area contributed by atoms with Crippen LogP contribution in [0.25, 0.3) is 33.1 Å². The number of anilines is 1. The Balaban J connectivity index is 1.68. The molecule has 2 aromatic carbocycles. The summed E-state index contributed by atoms with van der Waals surface area (Å²) in [6.07, 6.45) is 1.89. The van der Waals surface area contributed by atoms with Crippen LogP contribution in [0, 0.1) is 0 Å². The van der Waals surface area contributed by atoms with Gasteiger partial charge in [0.05, 0.1) is 0 Å². The van der Waals surface area contributed by atoms with Crippen LogP contribution in [0.3, 0.4) is 0 Å². The number of hydrogen-bond acceptors (Lipinski definition) is 3. The van der Waals surface area contributed by atoms with Crippen molar-refractivity contribution in [2.75, 3.05) is 31.1 Å². The van der Waals surface area contributed by atoms with Gasteiger partial charge in [-0.3, -0.25) is 0 Å². The van der Waals surface area contributed by atoms with Gasteiger partial charge in [-0.2, -0.15) is 0 Å². The number of aromatic amines is 1. The van der Waals surface area contributed by atoms with Crippen molar-refractivity contribution >= 4 is 27.6 Å². The second kappa shape index (κ2) is 5.90. The molecule has 2 N–H and O–H groups in total. The first kappa shape index (κ1) is 14.5. The number of H-pyrrole nitrogens is 1. The molecule has 2 aromatic heterocycles. The number of aromatic nitrogens is 2. The predicted octanol–water partition coefficient (Wildman–Crippen LogP) is 3.79. The Morgan fingerprint density at radius 2 is 1.80 bits per heavy atom. The average molecular weight is 328 g/mol. The molecule has 1 aliphatic heterocycles. The van der Waals surface area contributed by atoms with Crippen LogP contribution in [-0.4, -0.2) is 36.1 Å². The van der Waals surface area contributed by atoms with Crippen molar-refractivity contribution in [1.82, 2.24) is 15.3 Å². The van der Waals surface area contributed by atoms with Crippen LogP contribution in [0.4, 0.5) is 5.69 Å². The molecule has 1 aliphatic rings. The zero-order chi connectivity index (χ0) is 16.6. The lowest BCUT2D eigenvalue weighted by Crippen LogP contribution is -2.43. The zero-order valence-electron chi connectivity index (χ0n) is 14.0. The van der Waals surface area contributed by atoms with Crippen LogP contribution in [0.1, 0.15) is 0 Å². The van der Waals surface area contributed by atoms with E-state index in [1.54, 1.807) is 0 Å². The highest BCUT2D eigenvalue weighted by Crippen LogP contribution is 2.34. The lowest BCUT2D eigenvalue weighted by Gasteiger charge is -2.29. The van der Waals surface area contributed by atoms with Gasteiger partial charge in [0.25, 0.3) is 0 Å². The van der Waals surface area contributed by atoms with Gasteiger partial charge in [-0.1, -0.05) is 30.3 Å². The Morgan fingerprint density at radius 1 is 0.920 bits per heavy atom. The third-order valence-corrected chi connectivity index (χ3v) is 5.04. The fourth-order valence-corrected chi connectivity index (χ4v) is 3.80. The van der Waals surface area contributed by atoms with Gasteiger partial charge in [0, 0.05) is 54.4 Å². The Kier molecular flexibility index (Phi) is 3.42. The monoisotopic (exact) mass is 328 g/mol. The van der Waals surface area contributed by atoms with E-state index in [1.807, 2.05) is 6.20 Å². The Hall–Kier alpha value is -2.85. The minimum Gasteiger partial charge on any atom is -0.369 e. The molecule has 1 saturated heterocycles. The van der Waals surface area contributed by atoms with Crippen LogP contribution in [-0.2, 0) is 0 Å². The van der Waals surface area contributed by atoms with Gasteiger partial charge in [-0.15, -0.1) is 0 Å². The van der Waals surface area contributed by atoms with Crippen molar-refractivity contribution in [2.24, 2.45) is 0 Å². The lowest BCUT2D eigenvalue weighted by atomic mass is 10.0. The minimum atomic E-state index is 0.950. The van der Waals surface area contributed by atoms with Gasteiger partial charge in [-0.25, -0.2) is 4.98 Å². The van der Waals surface area contributed by atoms with E-state index in [9.17, 15) is 0 Å². The van der Waals surface area contributed by atoms with E-state index in [2.05, 4.69) is 74.8 Å². The first-order valence-electron chi connectivity index (χ1n) is 8.82. The van der Waals surface area contributed by atoms with Crippen molar-refractivity contribution in [2.45, 2.75) is 0 Å². The highest BCUT2D eigenvalue weighted by atomic mass is 15.2. The molecule has 0 aliphatic carbocycles. The van der Waals surface area contributed by atoms with E-state index in [0.29, 0.717) is 0 Å². The van der Waals surface area contributed by atoms with Gasteiger partial charge in [0.15, 0.2) is 0 Å². The summed E-state index contributed by atoms with van der Waals surface area (Å²) in [7, 11) is 0.